The lowest BCUT2D eigenvalue weighted by Crippen LogP contribution is -2.22. The fourth-order valence-corrected chi connectivity index (χ4v) is 1.92. The third-order valence-electron chi connectivity index (χ3n) is 2.93. The normalized spacial score (nSPS) is 24.0. The van der Waals surface area contributed by atoms with Gasteiger partial charge in [0.15, 0.2) is 11.6 Å². The van der Waals surface area contributed by atoms with Crippen molar-refractivity contribution >= 4 is 17.4 Å². The molecule has 2 unspecified atom stereocenters. The molecule has 0 N–H and O–H groups in total. The fourth-order valence-electron chi connectivity index (χ4n) is 1.78. The summed E-state index contributed by atoms with van der Waals surface area (Å²) in [4.78, 5) is 5.86. The van der Waals surface area contributed by atoms with Crippen LogP contribution in [-0.4, -0.2) is 18.6 Å². The third-order valence-corrected chi connectivity index (χ3v) is 3.14. The SMILES string of the molecule is CC1CC1CN(C)c1ncc(Cl)cc1F. The number of rotatable bonds is 3. The lowest BCUT2D eigenvalue weighted by atomic mass is 10.3. The summed E-state index contributed by atoms with van der Waals surface area (Å²) < 4.78 is 13.5. The van der Waals surface area contributed by atoms with E-state index in [9.17, 15) is 4.39 Å². The first kappa shape index (κ1) is 10.7. The van der Waals surface area contributed by atoms with Crippen LogP contribution in [0.3, 0.4) is 0 Å². The molecular weight excluding hydrogens is 215 g/mol. The predicted octanol–water partition coefficient (Wildman–Crippen LogP) is 2.97. The van der Waals surface area contributed by atoms with E-state index in [1.165, 1.54) is 18.7 Å². The van der Waals surface area contributed by atoms with Gasteiger partial charge in [-0.05, 0) is 24.3 Å². The quantitative estimate of drug-likeness (QED) is 0.791. The van der Waals surface area contributed by atoms with Crippen LogP contribution in [0.25, 0.3) is 0 Å². The summed E-state index contributed by atoms with van der Waals surface area (Å²) in [5.74, 6) is 1.49. The van der Waals surface area contributed by atoms with Gasteiger partial charge in [-0.15, -0.1) is 0 Å². The van der Waals surface area contributed by atoms with E-state index >= 15 is 0 Å². The summed E-state index contributed by atoms with van der Waals surface area (Å²) in [6, 6.07) is 1.30. The van der Waals surface area contributed by atoms with Crippen molar-refractivity contribution < 1.29 is 4.39 Å². The van der Waals surface area contributed by atoms with Gasteiger partial charge in [-0.2, -0.15) is 0 Å². The van der Waals surface area contributed by atoms with Gasteiger partial charge in [-0.25, -0.2) is 9.37 Å². The zero-order chi connectivity index (χ0) is 11.0. The monoisotopic (exact) mass is 228 g/mol. The molecule has 1 aromatic rings. The molecule has 1 fully saturated rings. The van der Waals surface area contributed by atoms with Gasteiger partial charge in [-0.3, -0.25) is 0 Å². The smallest absolute Gasteiger partial charge is 0.167 e. The van der Waals surface area contributed by atoms with E-state index in [2.05, 4.69) is 11.9 Å². The van der Waals surface area contributed by atoms with Gasteiger partial charge in [0, 0.05) is 19.8 Å². The Morgan fingerprint density at radius 2 is 2.33 bits per heavy atom. The van der Waals surface area contributed by atoms with Gasteiger partial charge in [0.25, 0.3) is 0 Å². The maximum Gasteiger partial charge on any atom is 0.167 e. The molecule has 0 aromatic carbocycles. The molecule has 1 saturated carbocycles. The molecular formula is C11H14ClFN2. The summed E-state index contributed by atoms with van der Waals surface area (Å²) in [5, 5.41) is 0.337. The molecule has 0 radical (unpaired) electrons. The predicted molar refractivity (Wildman–Crippen MR) is 59.7 cm³/mol. The Hall–Kier alpha value is -0.830. The van der Waals surface area contributed by atoms with Crippen molar-refractivity contribution in [2.45, 2.75) is 13.3 Å². The van der Waals surface area contributed by atoms with Crippen molar-refractivity contribution in [1.82, 2.24) is 4.98 Å². The summed E-state index contributed by atoms with van der Waals surface area (Å²) >= 11 is 5.64. The first-order chi connectivity index (χ1) is 7.08. The molecule has 0 bridgehead atoms. The first-order valence-corrected chi connectivity index (χ1v) is 5.48. The van der Waals surface area contributed by atoms with Gasteiger partial charge in [0.05, 0.1) is 5.02 Å². The van der Waals surface area contributed by atoms with E-state index in [-0.39, 0.29) is 5.82 Å². The van der Waals surface area contributed by atoms with Crippen LogP contribution in [0.5, 0.6) is 0 Å². The van der Waals surface area contributed by atoms with Gasteiger partial charge >= 0.3 is 0 Å². The second-order valence-electron chi connectivity index (χ2n) is 4.31. The van der Waals surface area contributed by atoms with Gasteiger partial charge in [-0.1, -0.05) is 18.5 Å². The second kappa shape index (κ2) is 3.97. The summed E-state index contributed by atoms with van der Waals surface area (Å²) in [6.07, 6.45) is 2.71. The number of hydrogen-bond donors (Lipinski definition) is 0. The van der Waals surface area contributed by atoms with Crippen LogP contribution in [0.15, 0.2) is 12.3 Å². The molecule has 4 heteroatoms. The molecule has 0 saturated heterocycles. The molecule has 2 rings (SSSR count). The lowest BCUT2D eigenvalue weighted by molar-refractivity contribution is 0.608. The number of halogens is 2. The van der Waals surface area contributed by atoms with Crippen LogP contribution in [0, 0.1) is 17.7 Å². The average molecular weight is 229 g/mol. The first-order valence-electron chi connectivity index (χ1n) is 5.10. The Labute approximate surface area is 94.1 Å². The average Bonchev–Trinajstić information content (AvgIpc) is 2.81. The second-order valence-corrected chi connectivity index (χ2v) is 4.75. The molecule has 15 heavy (non-hydrogen) atoms. The highest BCUT2D eigenvalue weighted by atomic mass is 35.5. The Morgan fingerprint density at radius 1 is 1.67 bits per heavy atom. The molecule has 1 aliphatic rings. The van der Waals surface area contributed by atoms with Crippen molar-refractivity contribution in [3.8, 4) is 0 Å². The molecule has 82 valence electrons. The van der Waals surface area contributed by atoms with Crippen molar-refractivity contribution in [3.05, 3.63) is 23.1 Å². The van der Waals surface area contributed by atoms with Crippen molar-refractivity contribution in [3.63, 3.8) is 0 Å². The van der Waals surface area contributed by atoms with Crippen LogP contribution >= 0.6 is 11.6 Å². The minimum absolute atomic E-state index is 0.337. The number of anilines is 1. The summed E-state index contributed by atoms with van der Waals surface area (Å²) in [5.41, 5.74) is 0. The minimum atomic E-state index is -0.349. The van der Waals surface area contributed by atoms with E-state index in [1.54, 1.807) is 0 Å². The van der Waals surface area contributed by atoms with Crippen LogP contribution in [0.2, 0.25) is 5.02 Å². The highest BCUT2D eigenvalue weighted by Crippen LogP contribution is 2.38. The number of hydrogen-bond acceptors (Lipinski definition) is 2. The van der Waals surface area contributed by atoms with Gasteiger partial charge in [0.2, 0.25) is 0 Å². The van der Waals surface area contributed by atoms with Gasteiger partial charge < -0.3 is 4.90 Å². The maximum atomic E-state index is 13.5. The Morgan fingerprint density at radius 3 is 2.87 bits per heavy atom. The summed E-state index contributed by atoms with van der Waals surface area (Å²) in [7, 11) is 1.87. The Balaban J connectivity index is 2.07. The fraction of sp³-hybridized carbons (Fsp3) is 0.545. The molecule has 1 aliphatic carbocycles. The topological polar surface area (TPSA) is 16.1 Å². The highest BCUT2D eigenvalue weighted by molar-refractivity contribution is 6.30. The highest BCUT2D eigenvalue weighted by Gasteiger charge is 2.33. The Kier molecular flexibility index (Phi) is 2.83. The van der Waals surface area contributed by atoms with Crippen molar-refractivity contribution in [1.29, 1.82) is 0 Å². The molecule has 0 aliphatic heterocycles. The number of aromatic nitrogens is 1. The van der Waals surface area contributed by atoms with Crippen LogP contribution < -0.4 is 4.90 Å². The molecule has 2 nitrogen and oxygen atoms in total. The van der Waals surface area contributed by atoms with Crippen LogP contribution in [0.4, 0.5) is 10.2 Å². The van der Waals surface area contributed by atoms with E-state index in [0.29, 0.717) is 16.8 Å². The molecule has 0 spiro atoms. The Bertz CT molecular complexity index is 370. The molecule has 0 amide bonds. The largest absolute Gasteiger partial charge is 0.357 e. The van der Waals surface area contributed by atoms with Crippen LogP contribution in [-0.2, 0) is 0 Å². The van der Waals surface area contributed by atoms with E-state index in [0.717, 1.165) is 12.5 Å². The van der Waals surface area contributed by atoms with E-state index in [4.69, 9.17) is 11.6 Å². The lowest BCUT2D eigenvalue weighted by Gasteiger charge is -2.18. The third kappa shape index (κ3) is 2.40. The zero-order valence-corrected chi connectivity index (χ0v) is 9.63. The zero-order valence-electron chi connectivity index (χ0n) is 8.87. The van der Waals surface area contributed by atoms with Crippen molar-refractivity contribution in [2.24, 2.45) is 11.8 Å². The minimum Gasteiger partial charge on any atom is -0.357 e. The van der Waals surface area contributed by atoms with Crippen molar-refractivity contribution in [2.75, 3.05) is 18.5 Å². The van der Waals surface area contributed by atoms with Gasteiger partial charge in [0.1, 0.15) is 0 Å². The summed E-state index contributed by atoms with van der Waals surface area (Å²) in [6.45, 7) is 3.08. The maximum absolute atomic E-state index is 13.5. The van der Waals surface area contributed by atoms with Crippen LogP contribution in [0.1, 0.15) is 13.3 Å². The standard InChI is InChI=1S/C11H14ClFN2/c1-7-3-8(7)6-15(2)11-10(13)4-9(12)5-14-11/h4-5,7-8H,3,6H2,1-2H3. The molecule has 1 aromatic heterocycles. The van der Waals surface area contributed by atoms with E-state index < -0.39 is 0 Å². The van der Waals surface area contributed by atoms with E-state index in [1.807, 2.05) is 11.9 Å². The molecule has 2 atom stereocenters. The number of nitrogens with zero attached hydrogens (tertiary/aromatic N) is 2. The molecule has 1 heterocycles. The number of pyridine rings is 1.